The molecular formula is C10H12O2. The van der Waals surface area contributed by atoms with Crippen LogP contribution in [0.25, 0.3) is 0 Å². The van der Waals surface area contributed by atoms with Crippen molar-refractivity contribution in [2.75, 3.05) is 0 Å². The van der Waals surface area contributed by atoms with Gasteiger partial charge in [0.2, 0.25) is 0 Å². The Balaban J connectivity index is 3.49. The summed E-state index contributed by atoms with van der Waals surface area (Å²) >= 11 is 0. The number of aromatic hydroxyl groups is 1. The first-order valence-electron chi connectivity index (χ1n) is 3.83. The molecule has 0 aromatic heterocycles. The molecule has 0 saturated heterocycles. The monoisotopic (exact) mass is 164 g/mol. The summed E-state index contributed by atoms with van der Waals surface area (Å²) in [4.78, 5) is 10.5. The van der Waals surface area contributed by atoms with E-state index in [1.165, 1.54) is 0 Å². The summed E-state index contributed by atoms with van der Waals surface area (Å²) in [5.74, 6) is 0.233. The number of rotatable bonds is 1. The predicted octanol–water partition coefficient (Wildman–Crippen LogP) is 2.13. The maximum atomic E-state index is 10.5. The standard InChI is InChI=1S/C10H12O2/c1-6-4-9(5-11)8(3)10(12)7(6)2/h4-5,12H,1-3H3. The Kier molecular flexibility index (Phi) is 2.18. The van der Waals surface area contributed by atoms with Crippen LogP contribution in [0.1, 0.15) is 27.0 Å². The minimum Gasteiger partial charge on any atom is -0.507 e. The van der Waals surface area contributed by atoms with Crippen LogP contribution in [0.15, 0.2) is 6.07 Å². The zero-order valence-electron chi connectivity index (χ0n) is 7.51. The first-order chi connectivity index (χ1) is 5.57. The van der Waals surface area contributed by atoms with Gasteiger partial charge in [-0.3, -0.25) is 4.79 Å². The molecule has 1 rings (SSSR count). The molecule has 0 aliphatic heterocycles. The molecule has 0 saturated carbocycles. The number of aryl methyl sites for hydroxylation is 1. The van der Waals surface area contributed by atoms with Crippen LogP contribution in [-0.2, 0) is 0 Å². The fraction of sp³-hybridized carbons (Fsp3) is 0.300. The minimum atomic E-state index is 0.233. The van der Waals surface area contributed by atoms with Gasteiger partial charge in [0, 0.05) is 11.1 Å². The molecule has 0 aliphatic rings. The number of aldehydes is 1. The number of benzene rings is 1. The number of phenolic OH excluding ortho intramolecular Hbond substituents is 1. The Morgan fingerprint density at radius 1 is 1.25 bits per heavy atom. The third-order valence-corrected chi connectivity index (χ3v) is 2.23. The highest BCUT2D eigenvalue weighted by atomic mass is 16.3. The minimum absolute atomic E-state index is 0.233. The largest absolute Gasteiger partial charge is 0.507 e. The Bertz CT molecular complexity index is 327. The van der Waals surface area contributed by atoms with E-state index in [0.717, 1.165) is 17.4 Å². The van der Waals surface area contributed by atoms with Crippen molar-refractivity contribution >= 4 is 6.29 Å². The predicted molar refractivity (Wildman–Crippen MR) is 47.7 cm³/mol. The van der Waals surface area contributed by atoms with Gasteiger partial charge in [0.05, 0.1) is 0 Å². The van der Waals surface area contributed by atoms with Crippen molar-refractivity contribution in [3.05, 3.63) is 28.3 Å². The SMILES string of the molecule is Cc1cc(C=O)c(C)c(O)c1C. The lowest BCUT2D eigenvalue weighted by Crippen LogP contribution is -1.92. The van der Waals surface area contributed by atoms with Gasteiger partial charge >= 0.3 is 0 Å². The second kappa shape index (κ2) is 2.97. The summed E-state index contributed by atoms with van der Waals surface area (Å²) in [7, 11) is 0. The van der Waals surface area contributed by atoms with E-state index in [0.29, 0.717) is 11.1 Å². The topological polar surface area (TPSA) is 37.3 Å². The van der Waals surface area contributed by atoms with Crippen molar-refractivity contribution in [2.24, 2.45) is 0 Å². The maximum absolute atomic E-state index is 10.5. The second-order valence-corrected chi connectivity index (χ2v) is 3.00. The van der Waals surface area contributed by atoms with Crippen molar-refractivity contribution in [1.29, 1.82) is 0 Å². The summed E-state index contributed by atoms with van der Waals surface area (Å²) < 4.78 is 0. The van der Waals surface area contributed by atoms with Crippen molar-refractivity contribution in [3.8, 4) is 5.75 Å². The van der Waals surface area contributed by atoms with Gasteiger partial charge in [-0.1, -0.05) is 0 Å². The molecule has 0 unspecified atom stereocenters. The summed E-state index contributed by atoms with van der Waals surface area (Å²) in [6.07, 6.45) is 0.765. The zero-order chi connectivity index (χ0) is 9.30. The Morgan fingerprint density at radius 3 is 2.33 bits per heavy atom. The molecule has 12 heavy (non-hydrogen) atoms. The lowest BCUT2D eigenvalue weighted by Gasteiger charge is -2.08. The highest BCUT2D eigenvalue weighted by Crippen LogP contribution is 2.26. The normalized spacial score (nSPS) is 9.92. The Morgan fingerprint density at radius 2 is 1.83 bits per heavy atom. The molecule has 0 spiro atoms. The van der Waals surface area contributed by atoms with Crippen molar-refractivity contribution in [1.82, 2.24) is 0 Å². The van der Waals surface area contributed by atoms with Crippen LogP contribution < -0.4 is 0 Å². The molecule has 1 aromatic carbocycles. The first kappa shape index (κ1) is 8.78. The number of hydrogen-bond acceptors (Lipinski definition) is 2. The van der Waals surface area contributed by atoms with E-state index < -0.39 is 0 Å². The summed E-state index contributed by atoms with van der Waals surface area (Å²) in [6.45, 7) is 5.46. The quantitative estimate of drug-likeness (QED) is 0.645. The van der Waals surface area contributed by atoms with Crippen LogP contribution in [0.4, 0.5) is 0 Å². The zero-order valence-corrected chi connectivity index (χ0v) is 7.51. The maximum Gasteiger partial charge on any atom is 0.150 e. The van der Waals surface area contributed by atoms with E-state index in [-0.39, 0.29) is 5.75 Å². The molecule has 1 N–H and O–H groups in total. The van der Waals surface area contributed by atoms with Gasteiger partial charge in [0.25, 0.3) is 0 Å². The van der Waals surface area contributed by atoms with E-state index >= 15 is 0 Å². The molecule has 2 heteroatoms. The molecule has 0 amide bonds. The fourth-order valence-electron chi connectivity index (χ4n) is 1.18. The Labute approximate surface area is 71.8 Å². The van der Waals surface area contributed by atoms with Crippen LogP contribution in [0.2, 0.25) is 0 Å². The lowest BCUT2D eigenvalue weighted by atomic mass is 10.0. The summed E-state index contributed by atoms with van der Waals surface area (Å²) in [5.41, 5.74) is 3.02. The third-order valence-electron chi connectivity index (χ3n) is 2.23. The van der Waals surface area contributed by atoms with Crippen LogP contribution in [0, 0.1) is 20.8 Å². The van der Waals surface area contributed by atoms with E-state index in [1.54, 1.807) is 13.0 Å². The molecule has 1 aromatic rings. The fourth-order valence-corrected chi connectivity index (χ4v) is 1.18. The average Bonchev–Trinajstić information content (AvgIpc) is 2.08. The number of carbonyl (C=O) groups excluding carboxylic acids is 1. The van der Waals surface area contributed by atoms with Gasteiger partial charge < -0.3 is 5.11 Å². The van der Waals surface area contributed by atoms with E-state index in [4.69, 9.17) is 0 Å². The molecule has 0 heterocycles. The molecule has 0 fully saturated rings. The molecule has 0 radical (unpaired) electrons. The smallest absolute Gasteiger partial charge is 0.150 e. The van der Waals surface area contributed by atoms with Gasteiger partial charge in [-0.05, 0) is 38.0 Å². The van der Waals surface area contributed by atoms with Crippen molar-refractivity contribution in [2.45, 2.75) is 20.8 Å². The lowest BCUT2D eigenvalue weighted by molar-refractivity contribution is 0.112. The number of hydrogen-bond donors (Lipinski definition) is 1. The highest BCUT2D eigenvalue weighted by molar-refractivity contribution is 5.79. The molecule has 0 bridgehead atoms. The van der Waals surface area contributed by atoms with Crippen molar-refractivity contribution in [3.63, 3.8) is 0 Å². The van der Waals surface area contributed by atoms with Gasteiger partial charge in [0.15, 0.2) is 0 Å². The van der Waals surface area contributed by atoms with Crippen molar-refractivity contribution < 1.29 is 9.90 Å². The highest BCUT2D eigenvalue weighted by Gasteiger charge is 2.07. The van der Waals surface area contributed by atoms with Gasteiger partial charge in [0.1, 0.15) is 12.0 Å². The molecular weight excluding hydrogens is 152 g/mol. The van der Waals surface area contributed by atoms with Gasteiger partial charge in [-0.15, -0.1) is 0 Å². The molecule has 64 valence electrons. The van der Waals surface area contributed by atoms with E-state index in [1.807, 2.05) is 13.8 Å². The van der Waals surface area contributed by atoms with Gasteiger partial charge in [-0.2, -0.15) is 0 Å². The Hall–Kier alpha value is -1.31. The van der Waals surface area contributed by atoms with Crippen LogP contribution in [0.3, 0.4) is 0 Å². The van der Waals surface area contributed by atoms with Crippen LogP contribution in [-0.4, -0.2) is 11.4 Å². The van der Waals surface area contributed by atoms with E-state index in [2.05, 4.69) is 0 Å². The second-order valence-electron chi connectivity index (χ2n) is 3.00. The number of phenols is 1. The van der Waals surface area contributed by atoms with E-state index in [9.17, 15) is 9.90 Å². The summed E-state index contributed by atoms with van der Waals surface area (Å²) in [6, 6.07) is 1.79. The molecule has 2 nitrogen and oxygen atoms in total. The van der Waals surface area contributed by atoms with Crippen LogP contribution in [0.5, 0.6) is 5.75 Å². The molecule has 0 atom stereocenters. The van der Waals surface area contributed by atoms with Gasteiger partial charge in [-0.25, -0.2) is 0 Å². The summed E-state index contributed by atoms with van der Waals surface area (Å²) in [5, 5.41) is 9.54. The first-order valence-corrected chi connectivity index (χ1v) is 3.83. The molecule has 0 aliphatic carbocycles. The number of carbonyl (C=O) groups is 1. The van der Waals surface area contributed by atoms with Crippen LogP contribution >= 0.6 is 0 Å². The average molecular weight is 164 g/mol. The third kappa shape index (κ3) is 1.20.